The lowest BCUT2D eigenvalue weighted by molar-refractivity contribution is -0.124. The number of fused-ring (bicyclic) bond motifs is 3. The van der Waals surface area contributed by atoms with Crippen molar-refractivity contribution in [1.82, 2.24) is 10.2 Å². The van der Waals surface area contributed by atoms with Gasteiger partial charge in [0.25, 0.3) is 5.91 Å². The highest BCUT2D eigenvalue weighted by Crippen LogP contribution is 2.50. The summed E-state index contributed by atoms with van der Waals surface area (Å²) in [7, 11) is 0. The van der Waals surface area contributed by atoms with E-state index in [1.165, 1.54) is 24.2 Å². The summed E-state index contributed by atoms with van der Waals surface area (Å²) in [5, 5.41) is 3.95. The molecule has 7 N–H and O–H groups in total. The fraction of sp³-hybridized carbons (Fsp3) is 0.312. The molecule has 4 aromatic rings. The van der Waals surface area contributed by atoms with Gasteiger partial charge in [-0.05, 0) is 79.1 Å². The molecule has 0 spiro atoms. The summed E-state index contributed by atoms with van der Waals surface area (Å²) in [6.07, 6.45) is 3.29. The molecular formula is C32H33N5O3S. The summed E-state index contributed by atoms with van der Waals surface area (Å²) in [5.74, 6) is 1.42. The zero-order valence-electron chi connectivity index (χ0n) is 22.9. The van der Waals surface area contributed by atoms with Crippen molar-refractivity contribution in [3.63, 3.8) is 0 Å². The number of thiophene rings is 1. The van der Waals surface area contributed by atoms with Gasteiger partial charge in [-0.15, -0.1) is 11.3 Å². The number of anilines is 1. The fourth-order valence-corrected chi connectivity index (χ4v) is 8.13. The van der Waals surface area contributed by atoms with E-state index in [0.717, 1.165) is 29.8 Å². The molecule has 3 atom stereocenters. The Morgan fingerprint density at radius 3 is 2.46 bits per heavy atom. The summed E-state index contributed by atoms with van der Waals surface area (Å²) in [6.45, 7) is 3.90. The van der Waals surface area contributed by atoms with Crippen LogP contribution in [-0.2, 0) is 10.3 Å². The van der Waals surface area contributed by atoms with Crippen LogP contribution in [0.3, 0.4) is 0 Å². The van der Waals surface area contributed by atoms with E-state index in [1.54, 1.807) is 12.1 Å². The van der Waals surface area contributed by atoms with E-state index in [9.17, 15) is 9.59 Å². The van der Waals surface area contributed by atoms with Crippen LogP contribution in [0.5, 0.6) is 11.5 Å². The first-order valence-electron chi connectivity index (χ1n) is 14.1. The first-order valence-corrected chi connectivity index (χ1v) is 14.9. The molecular weight excluding hydrogens is 534 g/mol. The molecule has 3 fully saturated rings. The van der Waals surface area contributed by atoms with E-state index < -0.39 is 11.6 Å². The summed E-state index contributed by atoms with van der Waals surface area (Å²) in [6, 6.07) is 17.5. The molecule has 4 heterocycles. The van der Waals surface area contributed by atoms with Crippen LogP contribution in [0.15, 0.2) is 60.7 Å². The Labute approximate surface area is 242 Å². The van der Waals surface area contributed by atoms with Crippen LogP contribution < -0.4 is 27.3 Å². The monoisotopic (exact) mass is 567 g/mol. The highest BCUT2D eigenvalue weighted by atomic mass is 32.1. The van der Waals surface area contributed by atoms with Crippen LogP contribution in [0.2, 0.25) is 0 Å². The van der Waals surface area contributed by atoms with E-state index >= 15 is 0 Å². The van der Waals surface area contributed by atoms with Crippen molar-refractivity contribution in [1.29, 1.82) is 0 Å². The highest BCUT2D eigenvalue weighted by Gasteiger charge is 2.49. The Morgan fingerprint density at radius 2 is 1.78 bits per heavy atom. The maximum atomic E-state index is 14.2. The normalized spacial score (nSPS) is 26.8. The number of nitrogens with two attached hydrogens (primary N) is 3. The Balaban J connectivity index is 1.30. The minimum atomic E-state index is -1.52. The second-order valence-corrected chi connectivity index (χ2v) is 12.5. The van der Waals surface area contributed by atoms with E-state index in [4.69, 9.17) is 21.9 Å². The first kappa shape index (κ1) is 26.2. The molecule has 2 bridgehead atoms. The minimum Gasteiger partial charge on any atom is -0.457 e. The Bertz CT molecular complexity index is 1690. The van der Waals surface area contributed by atoms with Gasteiger partial charge in [0.05, 0.1) is 21.8 Å². The zero-order valence-corrected chi connectivity index (χ0v) is 23.7. The van der Waals surface area contributed by atoms with E-state index in [-0.39, 0.29) is 17.9 Å². The zero-order chi connectivity index (χ0) is 28.5. The van der Waals surface area contributed by atoms with Crippen LogP contribution in [-0.4, -0.2) is 35.8 Å². The van der Waals surface area contributed by atoms with Gasteiger partial charge >= 0.3 is 0 Å². The topological polar surface area (TPSA) is 137 Å². The van der Waals surface area contributed by atoms with Crippen molar-refractivity contribution in [2.75, 3.05) is 18.8 Å². The number of aryl methyl sites for hydroxylation is 1. The van der Waals surface area contributed by atoms with Crippen molar-refractivity contribution in [3.05, 3.63) is 87.8 Å². The molecule has 1 amide bonds. The predicted molar refractivity (Wildman–Crippen MR) is 161 cm³/mol. The number of ether oxygens (including phenoxy) is 1. The number of amides is 1. The summed E-state index contributed by atoms with van der Waals surface area (Å²) in [4.78, 5) is 30.7. The molecule has 8 rings (SSSR count). The van der Waals surface area contributed by atoms with Gasteiger partial charge in [-0.1, -0.05) is 30.3 Å². The maximum Gasteiger partial charge on any atom is 0.262 e. The molecule has 3 saturated heterocycles. The third kappa shape index (κ3) is 4.06. The number of Topliss-reactive ketones (excluding diaryl/α,β-unsaturated/α-hetero) is 1. The third-order valence-corrected chi connectivity index (χ3v) is 10.3. The molecule has 8 nitrogen and oxygen atoms in total. The van der Waals surface area contributed by atoms with Crippen molar-refractivity contribution in [3.8, 4) is 11.5 Å². The van der Waals surface area contributed by atoms with Crippen LogP contribution in [0.25, 0.3) is 10.1 Å². The Hall–Kier alpha value is -3.76. The average molecular weight is 568 g/mol. The molecule has 210 valence electrons. The smallest absolute Gasteiger partial charge is 0.262 e. The minimum absolute atomic E-state index is 0.00684. The molecule has 0 radical (unpaired) electrons. The number of rotatable bonds is 5. The lowest BCUT2D eigenvalue weighted by atomic mass is 9.69. The predicted octanol–water partition coefficient (Wildman–Crippen LogP) is 4.54. The Morgan fingerprint density at radius 1 is 1.05 bits per heavy atom. The van der Waals surface area contributed by atoms with Crippen molar-refractivity contribution >= 4 is 38.8 Å². The number of hydrogen-bond acceptors (Lipinski definition) is 8. The van der Waals surface area contributed by atoms with E-state index in [2.05, 4.69) is 10.2 Å². The first-order chi connectivity index (χ1) is 19.8. The molecule has 41 heavy (non-hydrogen) atoms. The molecule has 1 aliphatic carbocycles. The molecule has 3 unspecified atom stereocenters. The lowest BCUT2D eigenvalue weighted by Gasteiger charge is -2.45. The van der Waals surface area contributed by atoms with Crippen molar-refractivity contribution in [2.45, 2.75) is 43.9 Å². The molecule has 4 aliphatic rings. The van der Waals surface area contributed by atoms with Gasteiger partial charge in [0, 0.05) is 29.7 Å². The van der Waals surface area contributed by atoms with Gasteiger partial charge in [0.1, 0.15) is 17.0 Å². The van der Waals surface area contributed by atoms with Crippen LogP contribution in [0.1, 0.15) is 57.2 Å². The number of nitrogens with zero attached hydrogens (tertiary/aromatic N) is 1. The quantitative estimate of drug-likeness (QED) is 0.260. The van der Waals surface area contributed by atoms with Crippen molar-refractivity contribution < 1.29 is 14.3 Å². The largest absolute Gasteiger partial charge is 0.457 e. The number of para-hydroxylation sites is 1. The molecule has 3 aliphatic heterocycles. The second kappa shape index (κ2) is 9.66. The number of piperidine rings is 3. The van der Waals surface area contributed by atoms with Crippen LogP contribution in [0, 0.1) is 12.8 Å². The molecule has 3 aromatic carbocycles. The highest BCUT2D eigenvalue weighted by molar-refractivity contribution is 7.21. The van der Waals surface area contributed by atoms with Crippen LogP contribution >= 0.6 is 11.3 Å². The third-order valence-electron chi connectivity index (χ3n) is 9.07. The van der Waals surface area contributed by atoms with Crippen molar-refractivity contribution in [2.24, 2.45) is 17.4 Å². The second-order valence-electron chi connectivity index (χ2n) is 11.5. The number of carbonyl (C=O) groups excluding carboxylic acids is 2. The number of ketones is 1. The standard InChI is InChI=1S/C32H33N5O3S/c1-17-15-20(40-19-5-3-2-4-6-19)7-8-21(17)32(35)22-9-10-23(33)28-25(22)26(27(34)30(32)38)29(41-28)31(39)36-24-16-18-11-13-37(24)14-12-18/h2-10,15,18,24,27H,11-14,16,33-35H2,1H3,(H,36,39). The lowest BCUT2D eigenvalue weighted by Crippen LogP contribution is -2.56. The summed E-state index contributed by atoms with van der Waals surface area (Å²) in [5.41, 5.74) is 21.8. The fourth-order valence-electron chi connectivity index (χ4n) is 6.93. The number of benzene rings is 3. The van der Waals surface area contributed by atoms with E-state index in [1.807, 2.05) is 55.5 Å². The van der Waals surface area contributed by atoms with Crippen LogP contribution in [0.4, 0.5) is 5.69 Å². The number of carbonyl (C=O) groups is 2. The van der Waals surface area contributed by atoms with Gasteiger partial charge in [0.15, 0.2) is 5.78 Å². The Kier molecular flexibility index (Phi) is 6.17. The van der Waals surface area contributed by atoms with E-state index in [0.29, 0.717) is 50.1 Å². The summed E-state index contributed by atoms with van der Waals surface area (Å²) >= 11 is 1.29. The number of nitrogen functional groups attached to an aromatic ring is 1. The van der Waals surface area contributed by atoms with Gasteiger partial charge in [-0.2, -0.15) is 0 Å². The maximum absolute atomic E-state index is 14.2. The molecule has 1 aromatic heterocycles. The van der Waals surface area contributed by atoms with Gasteiger partial charge in [0.2, 0.25) is 0 Å². The SMILES string of the molecule is Cc1cc(Oc2ccccc2)ccc1C1(N)C(=O)C(N)c2c(C(=O)NC3CC4CCN3CC4)sc3c(N)ccc1c23. The molecule has 9 heteroatoms. The van der Waals surface area contributed by atoms with Gasteiger partial charge < -0.3 is 27.3 Å². The van der Waals surface area contributed by atoms with Gasteiger partial charge in [-0.25, -0.2) is 0 Å². The summed E-state index contributed by atoms with van der Waals surface area (Å²) < 4.78 is 6.74. The van der Waals surface area contributed by atoms with Gasteiger partial charge in [-0.3, -0.25) is 14.5 Å². The number of nitrogens with one attached hydrogen (secondary N) is 1. The molecule has 0 saturated carbocycles. The number of hydrogen-bond donors (Lipinski definition) is 4. The average Bonchev–Trinajstić information content (AvgIpc) is 3.39.